The Morgan fingerprint density at radius 2 is 0.625 bits per heavy atom. The lowest BCUT2D eigenvalue weighted by Gasteiger charge is -2.19. The highest BCUT2D eigenvalue weighted by molar-refractivity contribution is 5.76. The molecule has 0 aliphatic carbocycles. The predicted molar refractivity (Wildman–Crippen MR) is 321 cm³/mol. The van der Waals surface area contributed by atoms with Gasteiger partial charge in [0.05, 0.1) is 18.8 Å². The summed E-state index contributed by atoms with van der Waals surface area (Å²) in [6, 6.07) is -0.674. The summed E-state index contributed by atoms with van der Waals surface area (Å²) < 4.78 is 0. The Morgan fingerprint density at radius 3 is 0.972 bits per heavy atom. The fourth-order valence-corrected chi connectivity index (χ4v) is 7.48. The lowest BCUT2D eigenvalue weighted by atomic mass is 10.1. The topological polar surface area (TPSA) is 69.6 Å². The lowest BCUT2D eigenvalue weighted by molar-refractivity contribution is -0.123. The number of nitrogens with one attached hydrogen (secondary N) is 1. The van der Waals surface area contributed by atoms with Crippen LogP contribution in [0.5, 0.6) is 0 Å². The standard InChI is InChI=1S/C68H107NO3/c1-3-5-7-9-11-13-15-17-19-21-23-24-25-26-27-28-29-30-31-32-33-34-35-36-37-38-39-40-41-42-43-44-46-48-50-52-54-56-58-60-62-64-68(72)69-66(65-70)67(71)63-61-59-57-55-53-51-49-47-45-22-20-18-16-14-12-10-8-6-4-2/h5,7,11,13,17,19,23-24,26-27,29-30,32-33,35-36,38-39,41-42,44-47,50,52-53,55,61,63,66-67,70-71H,3-4,6,8-10,12,14-16,18,20-22,25,28,31,34,37,40,43,48-49,51,54,56-60,62,64-65H2,1-2H3,(H,69,72)/b7-5-,13-11-,19-17-,24-23-,27-26-,30-29-,33-32-,36-35-,39-38-,42-41-,46-44-,47-45+,52-50-,55-53+,63-61+. The van der Waals surface area contributed by atoms with Crippen molar-refractivity contribution in [3.63, 3.8) is 0 Å². The number of rotatable bonds is 50. The van der Waals surface area contributed by atoms with Gasteiger partial charge in [0.15, 0.2) is 0 Å². The zero-order valence-electron chi connectivity index (χ0n) is 46.1. The minimum Gasteiger partial charge on any atom is -0.394 e. The van der Waals surface area contributed by atoms with Crippen molar-refractivity contribution in [2.75, 3.05) is 6.61 Å². The number of carbonyl (C=O) groups is 1. The molecule has 72 heavy (non-hydrogen) atoms. The Kier molecular flexibility index (Phi) is 57.0. The van der Waals surface area contributed by atoms with E-state index in [2.05, 4.69) is 189 Å². The summed E-state index contributed by atoms with van der Waals surface area (Å²) in [7, 11) is 0. The molecule has 0 aromatic rings. The second-order valence-corrected chi connectivity index (χ2v) is 18.6. The Bertz CT molecular complexity index is 1640. The molecular weight excluding hydrogens is 879 g/mol. The van der Waals surface area contributed by atoms with E-state index in [1.807, 2.05) is 6.08 Å². The number of aliphatic hydroxyl groups is 2. The quantitative estimate of drug-likeness (QED) is 0.0420. The zero-order chi connectivity index (χ0) is 52.0. The third-order valence-electron chi connectivity index (χ3n) is 11.9. The molecule has 3 N–H and O–H groups in total. The van der Waals surface area contributed by atoms with E-state index >= 15 is 0 Å². The molecule has 0 aromatic carbocycles. The van der Waals surface area contributed by atoms with E-state index in [0.717, 1.165) is 135 Å². The maximum Gasteiger partial charge on any atom is 0.220 e. The van der Waals surface area contributed by atoms with Gasteiger partial charge in [0, 0.05) is 6.42 Å². The number of unbranched alkanes of at least 4 members (excludes halogenated alkanes) is 15. The predicted octanol–water partition coefficient (Wildman–Crippen LogP) is 19.7. The largest absolute Gasteiger partial charge is 0.394 e. The fourth-order valence-electron chi connectivity index (χ4n) is 7.48. The summed E-state index contributed by atoms with van der Waals surface area (Å²) in [5, 5.41) is 23.1. The third-order valence-corrected chi connectivity index (χ3v) is 11.9. The van der Waals surface area contributed by atoms with Gasteiger partial charge in [-0.25, -0.2) is 0 Å². The van der Waals surface area contributed by atoms with Crippen LogP contribution in [0.2, 0.25) is 0 Å². The molecule has 1 amide bonds. The van der Waals surface area contributed by atoms with E-state index in [9.17, 15) is 15.0 Å². The van der Waals surface area contributed by atoms with Gasteiger partial charge in [-0.05, 0) is 135 Å². The summed E-state index contributed by atoms with van der Waals surface area (Å²) in [6.45, 7) is 4.15. The molecule has 0 saturated heterocycles. The second kappa shape index (κ2) is 60.8. The van der Waals surface area contributed by atoms with E-state index < -0.39 is 12.1 Å². The number of hydrogen-bond donors (Lipinski definition) is 3. The van der Waals surface area contributed by atoms with Gasteiger partial charge in [-0.1, -0.05) is 260 Å². The van der Waals surface area contributed by atoms with Crippen LogP contribution < -0.4 is 5.32 Å². The molecule has 0 heterocycles. The molecule has 0 fully saturated rings. The maximum absolute atomic E-state index is 12.5. The van der Waals surface area contributed by atoms with E-state index in [4.69, 9.17) is 0 Å². The van der Waals surface area contributed by atoms with Crippen molar-refractivity contribution in [3.05, 3.63) is 182 Å². The molecular formula is C68H107NO3. The van der Waals surface area contributed by atoms with E-state index in [-0.39, 0.29) is 12.5 Å². The van der Waals surface area contributed by atoms with E-state index in [0.29, 0.717) is 6.42 Å². The van der Waals surface area contributed by atoms with Crippen LogP contribution in [-0.2, 0) is 4.79 Å². The van der Waals surface area contributed by atoms with E-state index in [1.54, 1.807) is 6.08 Å². The number of amides is 1. The van der Waals surface area contributed by atoms with Gasteiger partial charge < -0.3 is 15.5 Å². The smallest absolute Gasteiger partial charge is 0.220 e. The number of carbonyl (C=O) groups excluding carboxylic acids is 1. The first-order valence-corrected chi connectivity index (χ1v) is 29.0. The molecule has 4 nitrogen and oxygen atoms in total. The summed E-state index contributed by atoms with van der Waals surface area (Å²) in [5.74, 6) is -0.110. The number of hydrogen-bond acceptors (Lipinski definition) is 3. The lowest BCUT2D eigenvalue weighted by Crippen LogP contribution is -2.45. The number of allylic oxidation sites excluding steroid dienone is 29. The number of aliphatic hydroxyl groups excluding tert-OH is 2. The minimum absolute atomic E-state index is 0.110. The van der Waals surface area contributed by atoms with Crippen LogP contribution in [-0.4, -0.2) is 34.9 Å². The van der Waals surface area contributed by atoms with Crippen molar-refractivity contribution in [1.29, 1.82) is 0 Å². The van der Waals surface area contributed by atoms with Crippen molar-refractivity contribution in [3.8, 4) is 0 Å². The summed E-state index contributed by atoms with van der Waals surface area (Å²) >= 11 is 0. The van der Waals surface area contributed by atoms with Crippen LogP contribution in [0.15, 0.2) is 182 Å². The van der Waals surface area contributed by atoms with Gasteiger partial charge in [-0.2, -0.15) is 0 Å². The first-order valence-electron chi connectivity index (χ1n) is 29.0. The van der Waals surface area contributed by atoms with Gasteiger partial charge in [0.1, 0.15) is 0 Å². The van der Waals surface area contributed by atoms with Gasteiger partial charge in [-0.3, -0.25) is 4.79 Å². The van der Waals surface area contributed by atoms with Gasteiger partial charge in [0.25, 0.3) is 0 Å². The Hall–Kier alpha value is -4.51. The molecule has 0 spiro atoms. The van der Waals surface area contributed by atoms with Crippen molar-refractivity contribution >= 4 is 5.91 Å². The maximum atomic E-state index is 12.5. The third kappa shape index (κ3) is 56.4. The summed E-state index contributed by atoms with van der Waals surface area (Å²) in [5.41, 5.74) is 0. The first-order chi connectivity index (χ1) is 35.7. The van der Waals surface area contributed by atoms with Crippen LogP contribution in [0, 0.1) is 0 Å². The summed E-state index contributed by atoms with van der Waals surface area (Å²) in [6.07, 6.45) is 100. The van der Waals surface area contributed by atoms with Crippen molar-refractivity contribution in [1.82, 2.24) is 5.32 Å². The van der Waals surface area contributed by atoms with Crippen LogP contribution in [0.3, 0.4) is 0 Å². The van der Waals surface area contributed by atoms with Crippen molar-refractivity contribution < 1.29 is 15.0 Å². The monoisotopic (exact) mass is 986 g/mol. The normalized spacial score (nSPS) is 14.2. The molecule has 0 saturated carbocycles. The average molecular weight is 987 g/mol. The van der Waals surface area contributed by atoms with Crippen molar-refractivity contribution in [2.24, 2.45) is 0 Å². The molecule has 4 heteroatoms. The highest BCUT2D eigenvalue weighted by Crippen LogP contribution is 2.12. The van der Waals surface area contributed by atoms with Crippen LogP contribution >= 0.6 is 0 Å². The molecule has 2 atom stereocenters. The SMILES string of the molecule is CC/C=C\C/C=C\C/C=C\C/C=C\C/C=C\C/C=C\C/C=C\C/C=C\C/C=C\C/C=C\C/C=C\C/C=C\CCCCCCC(=O)NC(CO)C(O)/C=C/CC/C=C/CC/C=C/CCCCCCCCCCC. The molecule has 2 unspecified atom stereocenters. The molecule has 0 aliphatic rings. The Morgan fingerprint density at radius 1 is 0.347 bits per heavy atom. The van der Waals surface area contributed by atoms with Crippen molar-refractivity contribution in [2.45, 2.75) is 231 Å². The van der Waals surface area contributed by atoms with Gasteiger partial charge in [-0.15, -0.1) is 0 Å². The van der Waals surface area contributed by atoms with Crippen LogP contribution in [0.1, 0.15) is 219 Å². The van der Waals surface area contributed by atoms with Gasteiger partial charge >= 0.3 is 0 Å². The summed E-state index contributed by atoms with van der Waals surface area (Å²) in [4.78, 5) is 12.5. The molecule has 0 aliphatic heterocycles. The van der Waals surface area contributed by atoms with Crippen LogP contribution in [0.25, 0.3) is 0 Å². The zero-order valence-corrected chi connectivity index (χ0v) is 46.1. The van der Waals surface area contributed by atoms with E-state index in [1.165, 1.54) is 64.2 Å². The Balaban J connectivity index is 3.75. The highest BCUT2D eigenvalue weighted by atomic mass is 16.3. The van der Waals surface area contributed by atoms with Crippen LogP contribution in [0.4, 0.5) is 0 Å². The fraction of sp³-hybridized carbons (Fsp3) is 0.544. The molecule has 0 rings (SSSR count). The first kappa shape index (κ1) is 67.5. The molecule has 402 valence electrons. The average Bonchev–Trinajstić information content (AvgIpc) is 3.39. The molecule has 0 bridgehead atoms. The molecule has 0 aromatic heterocycles. The second-order valence-electron chi connectivity index (χ2n) is 18.6. The Labute approximate surface area is 444 Å². The molecule has 0 radical (unpaired) electrons. The van der Waals surface area contributed by atoms with Gasteiger partial charge in [0.2, 0.25) is 5.91 Å². The minimum atomic E-state index is -0.895. The highest BCUT2D eigenvalue weighted by Gasteiger charge is 2.17.